The van der Waals surface area contributed by atoms with Gasteiger partial charge in [-0.2, -0.15) is 0 Å². The van der Waals surface area contributed by atoms with E-state index in [0.717, 1.165) is 54.0 Å². The lowest BCUT2D eigenvalue weighted by Crippen LogP contribution is -2.64. The van der Waals surface area contributed by atoms with Gasteiger partial charge in [0.05, 0.1) is 11.2 Å². The number of furan rings is 2. The molecule has 2 aliphatic carbocycles. The number of fused-ring (bicyclic) bond motifs is 13. The summed E-state index contributed by atoms with van der Waals surface area (Å²) in [5.41, 5.74) is 24.8. The summed E-state index contributed by atoms with van der Waals surface area (Å²) in [6, 6.07) is 47.3. The predicted octanol–water partition coefficient (Wildman–Crippen LogP) is 15.3. The van der Waals surface area contributed by atoms with Gasteiger partial charge in [0.25, 0.3) is 6.71 Å². The largest absolute Gasteiger partial charge is 0.456 e. The molecule has 0 amide bonds. The standard InChI is InChI=1S/C64H59BN2O2/c1-36-27-50-57-51(28-36)67-58-47(63(8)23-15-16-24-64(63,67)9)29-38-30-48(58)65(57)56-44-34-46-45(61(5,6)25-26-62(46,7)40-32-43(38)55-41-19-13-14-20-52(41)68-54(55)33-40)35-53(44)69-59(56)66(50)49-22-21-39(60(2,3)4)31-42(49)37-17-11-10-12-18-37/h10-14,17-22,27-35H,15-16,23-26H2,1-9H3. The Labute approximate surface area is 406 Å². The van der Waals surface area contributed by atoms with Crippen molar-refractivity contribution >= 4 is 84.6 Å². The Balaban J connectivity index is 1.15. The molecule has 6 aliphatic rings. The van der Waals surface area contributed by atoms with E-state index in [-0.39, 0.29) is 33.9 Å². The summed E-state index contributed by atoms with van der Waals surface area (Å²) in [5.74, 6) is 0.945. The maximum absolute atomic E-state index is 7.71. The molecule has 1 fully saturated rings. The van der Waals surface area contributed by atoms with Crippen LogP contribution in [0.25, 0.3) is 55.2 Å². The summed E-state index contributed by atoms with van der Waals surface area (Å²) in [6.45, 7) is 21.9. The molecule has 69 heavy (non-hydrogen) atoms. The second-order valence-electron chi connectivity index (χ2n) is 24.4. The van der Waals surface area contributed by atoms with Gasteiger partial charge in [-0.1, -0.05) is 122 Å². The SMILES string of the molecule is Cc1cc2c3c(c1)N1c4c5cc(cc4C4(C)CCCCC14C)-c1cc(cc4oc6ccccc6c14)C1(C)CCC(C)(C)c4cc6oc(c(c6cc41)B53)N2c1ccc(C(C)(C)C)cc1-c1ccccc1. The lowest BCUT2D eigenvalue weighted by molar-refractivity contribution is 0.195. The van der Waals surface area contributed by atoms with E-state index in [9.17, 15) is 0 Å². The van der Waals surface area contributed by atoms with Crippen LogP contribution in [0.1, 0.15) is 127 Å². The molecular formula is C64H59BN2O2. The number of benzene rings is 7. The van der Waals surface area contributed by atoms with Crippen LogP contribution >= 0.6 is 0 Å². The van der Waals surface area contributed by atoms with Crippen molar-refractivity contribution in [3.8, 4) is 22.3 Å². The second-order valence-corrected chi connectivity index (χ2v) is 24.4. The summed E-state index contributed by atoms with van der Waals surface area (Å²) in [6.07, 6.45) is 6.86. The molecule has 3 atom stereocenters. The lowest BCUT2D eigenvalue weighted by Gasteiger charge is -2.52. The molecule has 6 heterocycles. The molecule has 2 aromatic heterocycles. The van der Waals surface area contributed by atoms with E-state index in [2.05, 4.69) is 193 Å². The molecule has 6 bridgehead atoms. The number of aryl methyl sites for hydroxylation is 1. The van der Waals surface area contributed by atoms with Gasteiger partial charge in [0, 0.05) is 55.1 Å². The number of para-hydroxylation sites is 1. The van der Waals surface area contributed by atoms with Gasteiger partial charge in [0.15, 0.2) is 0 Å². The van der Waals surface area contributed by atoms with Gasteiger partial charge in [-0.3, -0.25) is 4.90 Å². The summed E-state index contributed by atoms with van der Waals surface area (Å²) in [7, 11) is 0. The molecule has 340 valence electrons. The molecule has 4 nitrogen and oxygen atoms in total. The number of nitrogens with zero attached hydrogens (tertiary/aromatic N) is 2. The Morgan fingerprint density at radius 3 is 2.19 bits per heavy atom. The number of hydrogen-bond acceptors (Lipinski definition) is 4. The van der Waals surface area contributed by atoms with Crippen LogP contribution < -0.4 is 26.2 Å². The van der Waals surface area contributed by atoms with Crippen LogP contribution in [-0.2, 0) is 21.7 Å². The first kappa shape index (κ1) is 40.4. The van der Waals surface area contributed by atoms with E-state index in [1.807, 2.05) is 0 Å². The van der Waals surface area contributed by atoms with Gasteiger partial charge in [0.2, 0.25) is 5.88 Å². The molecule has 0 N–H and O–H groups in total. The highest BCUT2D eigenvalue weighted by Crippen LogP contribution is 2.63. The van der Waals surface area contributed by atoms with E-state index in [4.69, 9.17) is 8.83 Å². The molecule has 0 radical (unpaired) electrons. The van der Waals surface area contributed by atoms with Gasteiger partial charge < -0.3 is 13.7 Å². The Hall–Kier alpha value is -6.46. The van der Waals surface area contributed by atoms with Gasteiger partial charge in [-0.05, 0) is 172 Å². The molecular weight excluding hydrogens is 840 g/mol. The Kier molecular flexibility index (Phi) is 7.53. The van der Waals surface area contributed by atoms with Gasteiger partial charge in [-0.25, -0.2) is 0 Å². The Morgan fingerprint density at radius 1 is 0.580 bits per heavy atom. The van der Waals surface area contributed by atoms with Crippen LogP contribution in [0.15, 0.2) is 130 Å². The van der Waals surface area contributed by atoms with Crippen LogP contribution in [-0.4, -0.2) is 12.3 Å². The van der Waals surface area contributed by atoms with E-state index in [1.165, 1.54) is 118 Å². The summed E-state index contributed by atoms with van der Waals surface area (Å²) in [5, 5.41) is 3.64. The summed E-state index contributed by atoms with van der Waals surface area (Å²) < 4.78 is 14.7. The maximum atomic E-state index is 7.71. The van der Waals surface area contributed by atoms with Gasteiger partial charge in [0.1, 0.15) is 16.7 Å². The smallest absolute Gasteiger partial charge is 0.257 e. The van der Waals surface area contributed by atoms with Gasteiger partial charge in [-0.15, -0.1) is 0 Å². The van der Waals surface area contributed by atoms with Crippen molar-refractivity contribution in [2.24, 2.45) is 0 Å². The minimum atomic E-state index is -0.279. The summed E-state index contributed by atoms with van der Waals surface area (Å²) in [4.78, 5) is 5.43. The molecule has 4 aliphatic heterocycles. The van der Waals surface area contributed by atoms with Crippen molar-refractivity contribution in [3.05, 3.63) is 155 Å². The van der Waals surface area contributed by atoms with Crippen molar-refractivity contribution in [2.75, 3.05) is 9.80 Å². The zero-order chi connectivity index (χ0) is 46.9. The highest BCUT2D eigenvalue weighted by atomic mass is 16.4. The number of hydrogen-bond donors (Lipinski definition) is 0. The molecule has 0 saturated heterocycles. The van der Waals surface area contributed by atoms with Crippen LogP contribution in [0.4, 0.5) is 28.6 Å². The summed E-state index contributed by atoms with van der Waals surface area (Å²) >= 11 is 0. The highest BCUT2D eigenvalue weighted by Gasteiger charge is 2.62. The molecule has 0 spiro atoms. The van der Waals surface area contributed by atoms with Crippen LogP contribution in [0.5, 0.6) is 0 Å². The highest BCUT2D eigenvalue weighted by molar-refractivity contribution is 7.01. The Morgan fingerprint density at radius 2 is 1.36 bits per heavy atom. The third kappa shape index (κ3) is 4.92. The van der Waals surface area contributed by atoms with Crippen LogP contribution in [0, 0.1) is 6.92 Å². The quantitative estimate of drug-likeness (QED) is 0.162. The van der Waals surface area contributed by atoms with E-state index in [1.54, 1.807) is 0 Å². The van der Waals surface area contributed by atoms with Crippen molar-refractivity contribution in [1.29, 1.82) is 0 Å². The van der Waals surface area contributed by atoms with Crippen LogP contribution in [0.3, 0.4) is 0 Å². The molecule has 7 aromatic carbocycles. The average molecular weight is 899 g/mol. The minimum Gasteiger partial charge on any atom is -0.456 e. The lowest BCUT2D eigenvalue weighted by atomic mass is 9.33. The van der Waals surface area contributed by atoms with Crippen LogP contribution in [0.2, 0.25) is 0 Å². The fraction of sp³-hybridized carbons (Fsp3) is 0.312. The Bertz CT molecular complexity index is 3790. The molecule has 5 heteroatoms. The second kappa shape index (κ2) is 12.8. The fourth-order valence-electron chi connectivity index (χ4n) is 15.0. The first-order chi connectivity index (χ1) is 33.1. The fourth-order valence-corrected chi connectivity index (χ4v) is 15.0. The molecule has 9 aromatic rings. The van der Waals surface area contributed by atoms with Crippen molar-refractivity contribution in [1.82, 2.24) is 0 Å². The monoisotopic (exact) mass is 898 g/mol. The average Bonchev–Trinajstić information content (AvgIpc) is 3.96. The zero-order valence-electron chi connectivity index (χ0n) is 41.6. The zero-order valence-corrected chi connectivity index (χ0v) is 41.6. The van der Waals surface area contributed by atoms with E-state index >= 15 is 0 Å². The third-order valence-corrected chi connectivity index (χ3v) is 19.1. The molecule has 15 rings (SSSR count). The first-order valence-corrected chi connectivity index (χ1v) is 25.8. The normalized spacial score (nSPS) is 23.3. The predicted molar refractivity (Wildman–Crippen MR) is 289 cm³/mol. The number of anilines is 5. The molecule has 1 saturated carbocycles. The van der Waals surface area contributed by atoms with Gasteiger partial charge >= 0.3 is 0 Å². The van der Waals surface area contributed by atoms with Crippen molar-refractivity contribution < 1.29 is 8.83 Å². The topological polar surface area (TPSA) is 32.8 Å². The van der Waals surface area contributed by atoms with Crippen molar-refractivity contribution in [2.45, 2.75) is 128 Å². The number of rotatable bonds is 2. The first-order valence-electron chi connectivity index (χ1n) is 25.8. The third-order valence-electron chi connectivity index (χ3n) is 19.1. The van der Waals surface area contributed by atoms with Crippen molar-refractivity contribution in [3.63, 3.8) is 0 Å². The maximum Gasteiger partial charge on any atom is 0.257 e. The van der Waals surface area contributed by atoms with E-state index in [0.29, 0.717) is 0 Å². The van der Waals surface area contributed by atoms with E-state index < -0.39 is 0 Å². The molecule has 3 unspecified atom stereocenters. The minimum absolute atomic E-state index is 0.0325.